The van der Waals surface area contributed by atoms with E-state index in [1.807, 2.05) is 6.07 Å². The van der Waals surface area contributed by atoms with E-state index in [0.29, 0.717) is 6.61 Å². The molecule has 20 heavy (non-hydrogen) atoms. The molecule has 0 atom stereocenters. The molecule has 0 aliphatic carbocycles. The fraction of sp³-hybridized carbons (Fsp3) is 0.733. The predicted octanol–water partition coefficient (Wildman–Crippen LogP) is 2.83. The van der Waals surface area contributed by atoms with Crippen molar-refractivity contribution in [3.05, 3.63) is 11.9 Å². The van der Waals surface area contributed by atoms with Crippen molar-refractivity contribution < 1.29 is 5.11 Å². The zero-order valence-electron chi connectivity index (χ0n) is 12.8. The van der Waals surface area contributed by atoms with Crippen molar-refractivity contribution in [2.45, 2.75) is 52.4 Å². The summed E-state index contributed by atoms with van der Waals surface area (Å²) in [5.74, 6) is 2.67. The number of anilines is 2. The second-order valence-electron chi connectivity index (χ2n) is 4.90. The Bertz CT molecular complexity index is 371. The van der Waals surface area contributed by atoms with Crippen LogP contribution in [0.3, 0.4) is 0 Å². The van der Waals surface area contributed by atoms with Gasteiger partial charge in [-0.15, -0.1) is 0 Å². The van der Waals surface area contributed by atoms with Crippen molar-refractivity contribution in [1.29, 1.82) is 0 Å². The maximum absolute atomic E-state index is 8.72. The van der Waals surface area contributed by atoms with E-state index in [1.54, 1.807) is 0 Å². The van der Waals surface area contributed by atoms with E-state index >= 15 is 0 Å². The van der Waals surface area contributed by atoms with E-state index in [9.17, 15) is 0 Å². The summed E-state index contributed by atoms with van der Waals surface area (Å²) in [7, 11) is 0. The third-order valence-electron chi connectivity index (χ3n) is 3.04. The van der Waals surface area contributed by atoms with Gasteiger partial charge < -0.3 is 15.7 Å². The Balaban J connectivity index is 2.42. The highest BCUT2D eigenvalue weighted by atomic mass is 16.2. The fourth-order valence-corrected chi connectivity index (χ4v) is 1.90. The van der Waals surface area contributed by atoms with Crippen molar-refractivity contribution >= 4 is 11.6 Å². The van der Waals surface area contributed by atoms with Crippen LogP contribution in [0.2, 0.25) is 0 Å². The summed E-state index contributed by atoms with van der Waals surface area (Å²) >= 11 is 0. The highest BCUT2D eigenvalue weighted by Gasteiger charge is 2.02. The van der Waals surface area contributed by atoms with Gasteiger partial charge in [0.25, 0.3) is 0 Å². The number of aliphatic hydroxyl groups excluding tert-OH is 1. The molecule has 1 aromatic heterocycles. The Hall–Kier alpha value is -1.36. The monoisotopic (exact) mass is 280 g/mol. The molecule has 0 fully saturated rings. The van der Waals surface area contributed by atoms with Crippen LogP contribution in [0.5, 0.6) is 0 Å². The number of unbranched alkanes of at least 4 members (excludes halogenated alkanes) is 3. The molecular formula is C15H28N4O. The average molecular weight is 280 g/mol. The van der Waals surface area contributed by atoms with Crippen LogP contribution in [0.15, 0.2) is 6.07 Å². The SMILES string of the molecule is CCCNc1cc(NCCCCCCO)nc(CC)n1. The number of hydrogen-bond acceptors (Lipinski definition) is 5. The van der Waals surface area contributed by atoms with Gasteiger partial charge in [0.1, 0.15) is 17.5 Å². The average Bonchev–Trinajstić information content (AvgIpc) is 2.48. The highest BCUT2D eigenvalue weighted by Crippen LogP contribution is 2.12. The van der Waals surface area contributed by atoms with Gasteiger partial charge in [0.2, 0.25) is 0 Å². The molecule has 0 aliphatic heterocycles. The predicted molar refractivity (Wildman–Crippen MR) is 84.2 cm³/mol. The zero-order chi connectivity index (χ0) is 14.6. The van der Waals surface area contributed by atoms with E-state index in [1.165, 1.54) is 0 Å². The molecule has 0 saturated heterocycles. The Morgan fingerprint density at radius 2 is 1.60 bits per heavy atom. The van der Waals surface area contributed by atoms with Crippen LogP contribution in [-0.2, 0) is 6.42 Å². The standard InChI is InChI=1S/C15H28N4O/c1-3-9-16-14-12-15(19-13(4-2)18-14)17-10-7-5-6-8-11-20/h12,20H,3-11H2,1-2H3,(H2,16,17,18,19). The molecule has 0 radical (unpaired) electrons. The van der Waals surface area contributed by atoms with Gasteiger partial charge in [0.15, 0.2) is 0 Å². The number of aryl methyl sites for hydroxylation is 1. The minimum atomic E-state index is 0.297. The lowest BCUT2D eigenvalue weighted by atomic mass is 10.2. The third-order valence-corrected chi connectivity index (χ3v) is 3.04. The normalized spacial score (nSPS) is 10.6. The van der Waals surface area contributed by atoms with Gasteiger partial charge in [-0.3, -0.25) is 0 Å². The Morgan fingerprint density at radius 3 is 2.20 bits per heavy atom. The van der Waals surface area contributed by atoms with E-state index < -0.39 is 0 Å². The molecule has 5 heteroatoms. The molecule has 0 bridgehead atoms. The lowest BCUT2D eigenvalue weighted by molar-refractivity contribution is 0.283. The Kier molecular flexibility index (Phi) is 8.71. The molecule has 1 aromatic rings. The second-order valence-corrected chi connectivity index (χ2v) is 4.90. The molecule has 1 rings (SSSR count). The van der Waals surface area contributed by atoms with Gasteiger partial charge in [0, 0.05) is 32.2 Å². The molecule has 0 saturated carbocycles. The van der Waals surface area contributed by atoms with Crippen molar-refractivity contribution in [1.82, 2.24) is 9.97 Å². The summed E-state index contributed by atoms with van der Waals surface area (Å²) in [6.45, 7) is 6.35. The molecule has 3 N–H and O–H groups in total. The lowest BCUT2D eigenvalue weighted by Gasteiger charge is -2.10. The van der Waals surface area contributed by atoms with Gasteiger partial charge in [-0.05, 0) is 19.3 Å². The van der Waals surface area contributed by atoms with Crippen molar-refractivity contribution in [3.8, 4) is 0 Å². The van der Waals surface area contributed by atoms with E-state index in [4.69, 9.17) is 5.11 Å². The van der Waals surface area contributed by atoms with Crippen molar-refractivity contribution in [2.24, 2.45) is 0 Å². The molecule has 0 unspecified atom stereocenters. The number of rotatable bonds is 11. The van der Waals surface area contributed by atoms with E-state index in [0.717, 1.165) is 69.1 Å². The van der Waals surface area contributed by atoms with Crippen LogP contribution in [0.25, 0.3) is 0 Å². The van der Waals surface area contributed by atoms with Crippen LogP contribution < -0.4 is 10.6 Å². The molecular weight excluding hydrogens is 252 g/mol. The van der Waals surface area contributed by atoms with Gasteiger partial charge in [-0.2, -0.15) is 0 Å². The first-order valence-electron chi connectivity index (χ1n) is 7.76. The molecule has 0 aromatic carbocycles. The first-order valence-corrected chi connectivity index (χ1v) is 7.76. The third kappa shape index (κ3) is 6.70. The second kappa shape index (κ2) is 10.4. The topological polar surface area (TPSA) is 70.1 Å². The number of aromatic nitrogens is 2. The van der Waals surface area contributed by atoms with Crippen LogP contribution in [0.1, 0.15) is 51.8 Å². The van der Waals surface area contributed by atoms with E-state index in [-0.39, 0.29) is 0 Å². The highest BCUT2D eigenvalue weighted by molar-refractivity contribution is 5.47. The van der Waals surface area contributed by atoms with Crippen LogP contribution in [-0.4, -0.2) is 34.8 Å². The van der Waals surface area contributed by atoms with Gasteiger partial charge in [-0.25, -0.2) is 9.97 Å². The summed E-state index contributed by atoms with van der Waals surface area (Å²) in [5.41, 5.74) is 0. The molecule has 5 nitrogen and oxygen atoms in total. The summed E-state index contributed by atoms with van der Waals surface area (Å²) < 4.78 is 0. The fourth-order valence-electron chi connectivity index (χ4n) is 1.90. The number of aliphatic hydroxyl groups is 1. The molecule has 0 aliphatic rings. The Labute approximate surface area is 122 Å². The first kappa shape index (κ1) is 16.7. The minimum absolute atomic E-state index is 0.297. The number of nitrogens with zero attached hydrogens (tertiary/aromatic N) is 2. The van der Waals surface area contributed by atoms with E-state index in [2.05, 4.69) is 34.4 Å². The maximum Gasteiger partial charge on any atom is 0.132 e. The summed E-state index contributed by atoms with van der Waals surface area (Å²) in [6, 6.07) is 1.97. The minimum Gasteiger partial charge on any atom is -0.396 e. The Morgan fingerprint density at radius 1 is 0.950 bits per heavy atom. The molecule has 1 heterocycles. The number of nitrogens with one attached hydrogen (secondary N) is 2. The van der Waals surface area contributed by atoms with Gasteiger partial charge >= 0.3 is 0 Å². The lowest BCUT2D eigenvalue weighted by Crippen LogP contribution is -2.09. The number of hydrogen-bond donors (Lipinski definition) is 3. The smallest absolute Gasteiger partial charge is 0.132 e. The first-order chi connectivity index (χ1) is 9.80. The maximum atomic E-state index is 8.72. The van der Waals surface area contributed by atoms with Gasteiger partial charge in [0.05, 0.1) is 0 Å². The van der Waals surface area contributed by atoms with Crippen molar-refractivity contribution in [2.75, 3.05) is 30.3 Å². The quantitative estimate of drug-likeness (QED) is 0.544. The molecule has 0 amide bonds. The molecule has 0 spiro atoms. The summed E-state index contributed by atoms with van der Waals surface area (Å²) in [6.07, 6.45) is 6.15. The van der Waals surface area contributed by atoms with Crippen LogP contribution in [0, 0.1) is 0 Å². The van der Waals surface area contributed by atoms with Crippen LogP contribution in [0.4, 0.5) is 11.6 Å². The summed E-state index contributed by atoms with van der Waals surface area (Å²) in [4.78, 5) is 8.96. The van der Waals surface area contributed by atoms with Crippen molar-refractivity contribution in [3.63, 3.8) is 0 Å². The van der Waals surface area contributed by atoms with Crippen LogP contribution >= 0.6 is 0 Å². The van der Waals surface area contributed by atoms with Gasteiger partial charge in [-0.1, -0.05) is 26.7 Å². The molecule has 114 valence electrons. The summed E-state index contributed by atoms with van der Waals surface area (Å²) in [5, 5.41) is 15.4. The zero-order valence-corrected chi connectivity index (χ0v) is 12.8. The largest absolute Gasteiger partial charge is 0.396 e.